The molecule has 13 nitrogen and oxygen atoms in total. The first-order valence-electron chi connectivity index (χ1n) is 17.6. The van der Waals surface area contributed by atoms with Crippen molar-refractivity contribution >= 4 is 66.2 Å². The maximum Gasteiger partial charge on any atom is 0.334 e. The molecule has 0 aromatic heterocycles. The summed E-state index contributed by atoms with van der Waals surface area (Å²) >= 11 is 0. The molecule has 2 heterocycles. The second-order valence-electron chi connectivity index (χ2n) is 14.9. The summed E-state index contributed by atoms with van der Waals surface area (Å²) in [6, 6.07) is 13.2. The van der Waals surface area contributed by atoms with Crippen molar-refractivity contribution in [2.75, 3.05) is 35.5 Å². The molecule has 2 fully saturated rings. The number of aliphatic hydroxyl groups excluding tert-OH is 1. The van der Waals surface area contributed by atoms with Crippen LogP contribution in [-0.2, 0) is 61.0 Å². The standard InChI is InChI=1S/C14H26O2Si2.C10H18O5Si.C9H18O5Si2.CH4O/c1-15-18(4,5)16-17(2,3)13-9-12-14-10-7-6-8-11-14;1-13-16(3,14-2)6-4-5-8-7-9(11)15-10(8)12;1-12-16(4,5)14-15(2,3)6-7-8(10)13-9(7)11;1-2/h6-8,10-11H,9,12-13H2,1-5H3;8H,4-7H2,1-3H3;7H,6H2,1-5H3;2H,1H3. The monoisotopic (exact) mass is 822 g/mol. The van der Waals surface area contributed by atoms with Gasteiger partial charge in [0.25, 0.3) is 0 Å². The van der Waals surface area contributed by atoms with E-state index in [0.29, 0.717) is 12.5 Å². The van der Waals surface area contributed by atoms with Crippen LogP contribution in [0.5, 0.6) is 0 Å². The van der Waals surface area contributed by atoms with Gasteiger partial charge >= 0.3 is 49.6 Å². The molecule has 2 saturated heterocycles. The van der Waals surface area contributed by atoms with Gasteiger partial charge in [-0.2, -0.15) is 0 Å². The number of rotatable bonds is 18. The van der Waals surface area contributed by atoms with Gasteiger partial charge in [0.1, 0.15) is 0 Å². The molecule has 1 atom stereocenters. The molecule has 3 rings (SSSR count). The predicted octanol–water partition coefficient (Wildman–Crippen LogP) is 6.27. The average Bonchev–Trinajstić information content (AvgIpc) is 3.40. The Morgan fingerprint density at radius 2 is 1.15 bits per heavy atom. The van der Waals surface area contributed by atoms with Crippen LogP contribution in [-0.4, -0.2) is 107 Å². The van der Waals surface area contributed by atoms with Gasteiger partial charge in [0.15, 0.2) is 22.6 Å². The van der Waals surface area contributed by atoms with Crippen molar-refractivity contribution in [1.82, 2.24) is 0 Å². The molecule has 1 aromatic carbocycles. The van der Waals surface area contributed by atoms with Crippen LogP contribution in [0.3, 0.4) is 0 Å². The molecule has 300 valence electrons. The highest BCUT2D eigenvalue weighted by Gasteiger charge is 2.47. The van der Waals surface area contributed by atoms with Crippen LogP contribution in [0.4, 0.5) is 0 Å². The molecule has 1 aromatic rings. The van der Waals surface area contributed by atoms with E-state index in [9.17, 15) is 19.2 Å². The number of ether oxygens (including phenoxy) is 2. The molecule has 18 heteroatoms. The van der Waals surface area contributed by atoms with Crippen LogP contribution in [0.15, 0.2) is 30.3 Å². The Bertz CT molecular complexity index is 1230. The van der Waals surface area contributed by atoms with E-state index >= 15 is 0 Å². The Kier molecular flexibility index (Phi) is 22.5. The van der Waals surface area contributed by atoms with Crippen molar-refractivity contribution in [2.24, 2.45) is 11.8 Å². The highest BCUT2D eigenvalue weighted by molar-refractivity contribution is 6.83. The zero-order valence-electron chi connectivity index (χ0n) is 34.0. The fourth-order valence-corrected chi connectivity index (χ4v) is 21.3. The molecular formula is C34H66O13Si5. The minimum atomic E-state index is -2.11. The van der Waals surface area contributed by atoms with Gasteiger partial charge in [-0.05, 0) is 102 Å². The second-order valence-corrected chi connectivity index (χ2v) is 34.5. The Morgan fingerprint density at radius 3 is 1.58 bits per heavy atom. The molecule has 2 aliphatic rings. The number of cyclic esters (lactones) is 4. The Hall–Kier alpha value is -1.70. The molecule has 52 heavy (non-hydrogen) atoms. The van der Waals surface area contributed by atoms with Gasteiger partial charge in [0.05, 0.1) is 12.3 Å². The summed E-state index contributed by atoms with van der Waals surface area (Å²) in [5.41, 5.74) is 1.42. The maximum atomic E-state index is 11.2. The van der Waals surface area contributed by atoms with Crippen molar-refractivity contribution in [3.05, 3.63) is 35.9 Å². The largest absolute Gasteiger partial charge is 0.436 e. The average molecular weight is 823 g/mol. The fourth-order valence-electron chi connectivity index (χ4n) is 5.51. The topological polar surface area (TPSA) is 162 Å². The number of aryl methyl sites for hydroxylation is 1. The third kappa shape index (κ3) is 20.1. The van der Waals surface area contributed by atoms with E-state index in [0.717, 1.165) is 26.0 Å². The van der Waals surface area contributed by atoms with Crippen molar-refractivity contribution in [3.8, 4) is 0 Å². The van der Waals surface area contributed by atoms with Gasteiger partial charge in [-0.25, -0.2) is 0 Å². The zero-order chi connectivity index (χ0) is 40.4. The van der Waals surface area contributed by atoms with Crippen LogP contribution < -0.4 is 0 Å². The van der Waals surface area contributed by atoms with Gasteiger partial charge in [0.2, 0.25) is 0 Å². The molecule has 0 bridgehead atoms. The predicted molar refractivity (Wildman–Crippen MR) is 212 cm³/mol. The van der Waals surface area contributed by atoms with E-state index < -0.39 is 66.1 Å². The van der Waals surface area contributed by atoms with Crippen LogP contribution in [0.25, 0.3) is 0 Å². The van der Waals surface area contributed by atoms with E-state index in [1.807, 2.05) is 32.7 Å². The van der Waals surface area contributed by atoms with Gasteiger partial charge in [-0.3, -0.25) is 19.2 Å². The Balaban J connectivity index is 0.000000734. The second kappa shape index (κ2) is 23.3. The van der Waals surface area contributed by atoms with E-state index in [4.69, 9.17) is 31.0 Å². The molecule has 1 unspecified atom stereocenters. The summed E-state index contributed by atoms with van der Waals surface area (Å²) in [5, 5.41) is 7.00. The molecule has 0 amide bonds. The van der Waals surface area contributed by atoms with Gasteiger partial charge in [-0.15, -0.1) is 0 Å². The van der Waals surface area contributed by atoms with Crippen LogP contribution in [0, 0.1) is 11.8 Å². The Labute approximate surface area is 317 Å². The number of hydrogen-bond donors (Lipinski definition) is 1. The van der Waals surface area contributed by atoms with Crippen LogP contribution in [0.1, 0.15) is 31.2 Å². The number of esters is 4. The van der Waals surface area contributed by atoms with E-state index in [1.165, 1.54) is 18.0 Å². The summed E-state index contributed by atoms with van der Waals surface area (Å²) in [6.07, 6.45) is 4.06. The minimum Gasteiger partial charge on any atom is -0.436 e. The number of carbonyl (C=O) groups excluding carboxylic acids is 4. The number of benzene rings is 1. The first-order chi connectivity index (χ1) is 24.0. The summed E-state index contributed by atoms with van der Waals surface area (Å²) in [7, 11) is -2.00. The molecular weight excluding hydrogens is 757 g/mol. The van der Waals surface area contributed by atoms with Gasteiger partial charge in [0, 0.05) is 35.5 Å². The maximum absolute atomic E-state index is 11.2. The fraction of sp³-hybridized carbons (Fsp3) is 0.706. The molecule has 0 saturated carbocycles. The molecule has 1 N–H and O–H groups in total. The number of hydrogen-bond acceptors (Lipinski definition) is 13. The molecule has 0 aliphatic carbocycles. The van der Waals surface area contributed by atoms with Gasteiger partial charge in [-0.1, -0.05) is 36.8 Å². The first-order valence-corrected chi connectivity index (χ1v) is 32.0. The quantitative estimate of drug-likeness (QED) is 0.100. The summed E-state index contributed by atoms with van der Waals surface area (Å²) in [6.45, 7) is 18.7. The van der Waals surface area contributed by atoms with E-state index in [-0.39, 0.29) is 18.3 Å². The molecule has 0 radical (unpaired) electrons. The lowest BCUT2D eigenvalue weighted by atomic mass is 10.0. The van der Waals surface area contributed by atoms with Crippen LogP contribution in [0.2, 0.25) is 77.1 Å². The SMILES string of the molecule is CO.CO[Si](C)(C)O[Si](C)(C)CC1C(=O)OC1=O.CO[Si](C)(C)O[Si](C)(C)CCCc1ccccc1.CO[Si](C)(CCCC1CC(=O)OC1=O)OC. The van der Waals surface area contributed by atoms with Crippen molar-refractivity contribution in [2.45, 2.75) is 109 Å². The number of aliphatic hydroxyl groups is 1. The van der Waals surface area contributed by atoms with Crippen molar-refractivity contribution in [1.29, 1.82) is 0 Å². The lowest BCUT2D eigenvalue weighted by molar-refractivity contribution is -0.182. The number of carbonyl (C=O) groups is 4. The van der Waals surface area contributed by atoms with Gasteiger partial charge < -0.3 is 40.5 Å². The van der Waals surface area contributed by atoms with E-state index in [2.05, 4.69) is 66.0 Å². The van der Waals surface area contributed by atoms with Crippen LogP contribution >= 0.6 is 0 Å². The summed E-state index contributed by atoms with van der Waals surface area (Å²) in [5.74, 6) is -2.52. The molecule has 2 aliphatic heterocycles. The van der Waals surface area contributed by atoms with Crippen molar-refractivity contribution < 1.29 is 59.7 Å². The zero-order valence-corrected chi connectivity index (χ0v) is 39.0. The molecule has 0 spiro atoms. The normalized spacial score (nSPS) is 16.7. The lowest BCUT2D eigenvalue weighted by Crippen LogP contribution is -2.51. The summed E-state index contributed by atoms with van der Waals surface area (Å²) < 4.78 is 42.5. The highest BCUT2D eigenvalue weighted by atomic mass is 28.4. The third-order valence-corrected chi connectivity index (χ3v) is 24.8. The smallest absolute Gasteiger partial charge is 0.334 e. The lowest BCUT2D eigenvalue weighted by Gasteiger charge is -2.35. The third-order valence-electron chi connectivity index (χ3n) is 8.59. The summed E-state index contributed by atoms with van der Waals surface area (Å²) in [4.78, 5) is 44.2. The minimum absolute atomic E-state index is 0.219. The van der Waals surface area contributed by atoms with E-state index in [1.54, 1.807) is 28.4 Å². The first kappa shape index (κ1) is 50.3. The highest BCUT2D eigenvalue weighted by Crippen LogP contribution is 2.29. The van der Waals surface area contributed by atoms with Crippen molar-refractivity contribution in [3.63, 3.8) is 0 Å². The Morgan fingerprint density at radius 1 is 0.654 bits per heavy atom.